The minimum absolute atomic E-state index is 0.259. The van der Waals surface area contributed by atoms with Gasteiger partial charge in [0.2, 0.25) is 0 Å². The Morgan fingerprint density at radius 3 is 2.70 bits per heavy atom. The maximum absolute atomic E-state index is 12.3. The van der Waals surface area contributed by atoms with E-state index in [9.17, 15) is 4.79 Å². The van der Waals surface area contributed by atoms with E-state index in [4.69, 9.17) is 16.3 Å². The molecule has 0 aliphatic heterocycles. The highest BCUT2D eigenvalue weighted by Crippen LogP contribution is 2.25. The van der Waals surface area contributed by atoms with Crippen molar-refractivity contribution in [1.82, 2.24) is 0 Å². The van der Waals surface area contributed by atoms with Crippen molar-refractivity contribution in [2.24, 2.45) is 0 Å². The van der Waals surface area contributed by atoms with Gasteiger partial charge in [-0.2, -0.15) is 0 Å². The molecule has 0 heterocycles. The van der Waals surface area contributed by atoms with Crippen LogP contribution in [0.3, 0.4) is 0 Å². The number of amides is 1. The highest BCUT2D eigenvalue weighted by Gasteiger charge is 2.14. The van der Waals surface area contributed by atoms with E-state index in [1.54, 1.807) is 18.2 Å². The fourth-order valence-corrected chi connectivity index (χ4v) is 2.31. The maximum Gasteiger partial charge on any atom is 0.259 e. The number of benzene rings is 2. The lowest BCUT2D eigenvalue weighted by atomic mass is 10.1. The van der Waals surface area contributed by atoms with Crippen LogP contribution in [-0.2, 0) is 0 Å². The summed E-state index contributed by atoms with van der Waals surface area (Å²) >= 11 is 9.32. The zero-order chi connectivity index (χ0) is 14.7. The summed E-state index contributed by atoms with van der Waals surface area (Å²) in [6.07, 6.45) is 0. The lowest BCUT2D eigenvalue weighted by Gasteiger charge is -2.11. The van der Waals surface area contributed by atoms with Crippen LogP contribution in [0, 0.1) is 6.92 Å². The van der Waals surface area contributed by atoms with Gasteiger partial charge in [-0.05, 0) is 42.8 Å². The summed E-state index contributed by atoms with van der Waals surface area (Å²) < 4.78 is 6.08. The Labute approximate surface area is 131 Å². The van der Waals surface area contributed by atoms with E-state index < -0.39 is 0 Å². The summed E-state index contributed by atoms with van der Waals surface area (Å²) in [5, 5.41) is 3.35. The first kappa shape index (κ1) is 14.9. The number of halogens is 2. The van der Waals surface area contributed by atoms with Gasteiger partial charge < -0.3 is 10.1 Å². The molecule has 0 aliphatic rings. The van der Waals surface area contributed by atoms with E-state index in [0.717, 1.165) is 15.7 Å². The van der Waals surface area contributed by atoms with Gasteiger partial charge in [0.1, 0.15) is 5.75 Å². The van der Waals surface area contributed by atoms with Crippen molar-refractivity contribution in [3.05, 3.63) is 57.0 Å². The minimum atomic E-state index is -0.259. The van der Waals surface area contributed by atoms with Gasteiger partial charge in [0.15, 0.2) is 0 Å². The molecule has 0 radical (unpaired) electrons. The first-order valence-electron chi connectivity index (χ1n) is 5.92. The van der Waals surface area contributed by atoms with E-state index in [0.29, 0.717) is 16.3 Å². The van der Waals surface area contributed by atoms with E-state index >= 15 is 0 Å². The predicted molar refractivity (Wildman–Crippen MR) is 84.8 cm³/mol. The van der Waals surface area contributed by atoms with Crippen molar-refractivity contribution >= 4 is 39.1 Å². The van der Waals surface area contributed by atoms with Gasteiger partial charge in [-0.3, -0.25) is 4.79 Å². The van der Waals surface area contributed by atoms with Crippen LogP contribution >= 0.6 is 27.5 Å². The summed E-state index contributed by atoms with van der Waals surface area (Å²) in [4.78, 5) is 12.3. The van der Waals surface area contributed by atoms with Gasteiger partial charge in [-0.1, -0.05) is 33.6 Å². The standard InChI is InChI=1S/C15H13BrClNO2/c1-9-3-4-10(16)7-13(9)18-15(19)12-8-11(17)5-6-14(12)20-2/h3-8H,1-2H3,(H,18,19). The molecule has 104 valence electrons. The number of anilines is 1. The molecule has 1 N–H and O–H groups in total. The number of carbonyl (C=O) groups excluding carboxylic acids is 1. The monoisotopic (exact) mass is 353 g/mol. The van der Waals surface area contributed by atoms with E-state index in [1.807, 2.05) is 25.1 Å². The molecule has 2 rings (SSSR count). The van der Waals surface area contributed by atoms with E-state index in [2.05, 4.69) is 21.2 Å². The number of aryl methyl sites for hydroxylation is 1. The number of methoxy groups -OCH3 is 1. The van der Waals surface area contributed by atoms with Crippen molar-refractivity contribution in [3.63, 3.8) is 0 Å². The van der Waals surface area contributed by atoms with Crippen molar-refractivity contribution in [2.45, 2.75) is 6.92 Å². The second-order valence-corrected chi connectivity index (χ2v) is 5.61. The topological polar surface area (TPSA) is 38.3 Å². The summed E-state index contributed by atoms with van der Waals surface area (Å²) in [6, 6.07) is 10.6. The molecule has 20 heavy (non-hydrogen) atoms. The lowest BCUT2D eigenvalue weighted by Crippen LogP contribution is -2.14. The molecule has 0 bridgehead atoms. The summed E-state index contributed by atoms with van der Waals surface area (Å²) in [6.45, 7) is 1.93. The largest absolute Gasteiger partial charge is 0.496 e. The van der Waals surface area contributed by atoms with Gasteiger partial charge in [0.05, 0.1) is 12.7 Å². The van der Waals surface area contributed by atoms with Gasteiger partial charge >= 0.3 is 0 Å². The highest BCUT2D eigenvalue weighted by molar-refractivity contribution is 9.10. The maximum atomic E-state index is 12.3. The van der Waals surface area contributed by atoms with Crippen molar-refractivity contribution in [3.8, 4) is 5.75 Å². The third kappa shape index (κ3) is 3.32. The highest BCUT2D eigenvalue weighted by atomic mass is 79.9. The molecular weight excluding hydrogens is 342 g/mol. The zero-order valence-corrected chi connectivity index (χ0v) is 13.4. The van der Waals surface area contributed by atoms with Crippen molar-refractivity contribution in [2.75, 3.05) is 12.4 Å². The average molecular weight is 355 g/mol. The molecule has 5 heteroatoms. The number of nitrogens with one attached hydrogen (secondary N) is 1. The smallest absolute Gasteiger partial charge is 0.259 e. The van der Waals surface area contributed by atoms with Gasteiger partial charge in [-0.15, -0.1) is 0 Å². The molecular formula is C15H13BrClNO2. The Bertz CT molecular complexity index is 658. The molecule has 0 aromatic heterocycles. The number of rotatable bonds is 3. The van der Waals surface area contributed by atoms with Crippen LogP contribution in [-0.4, -0.2) is 13.0 Å². The van der Waals surface area contributed by atoms with Crippen LogP contribution < -0.4 is 10.1 Å². The summed E-state index contributed by atoms with van der Waals surface area (Å²) in [5.41, 5.74) is 2.12. The Morgan fingerprint density at radius 2 is 2.00 bits per heavy atom. The summed E-state index contributed by atoms with van der Waals surface area (Å²) in [5.74, 6) is 0.227. The first-order chi connectivity index (χ1) is 9.51. The normalized spacial score (nSPS) is 10.2. The van der Waals surface area contributed by atoms with Gasteiger partial charge in [0, 0.05) is 15.2 Å². The van der Waals surface area contributed by atoms with E-state index in [1.165, 1.54) is 7.11 Å². The van der Waals surface area contributed by atoms with Crippen LogP contribution in [0.2, 0.25) is 5.02 Å². The molecule has 2 aromatic rings. The Morgan fingerprint density at radius 1 is 1.25 bits per heavy atom. The third-order valence-electron chi connectivity index (χ3n) is 2.85. The Kier molecular flexibility index (Phi) is 4.68. The Hall–Kier alpha value is -1.52. The molecule has 0 saturated heterocycles. The number of hydrogen-bond donors (Lipinski definition) is 1. The van der Waals surface area contributed by atoms with Crippen molar-refractivity contribution < 1.29 is 9.53 Å². The number of hydrogen-bond acceptors (Lipinski definition) is 2. The SMILES string of the molecule is COc1ccc(Cl)cc1C(=O)Nc1cc(Br)ccc1C. The lowest BCUT2D eigenvalue weighted by molar-refractivity contribution is 0.102. The minimum Gasteiger partial charge on any atom is -0.496 e. The molecule has 0 saturated carbocycles. The number of carbonyl (C=O) groups is 1. The van der Waals surface area contributed by atoms with Crippen molar-refractivity contribution in [1.29, 1.82) is 0 Å². The quantitative estimate of drug-likeness (QED) is 0.869. The predicted octanol–water partition coefficient (Wildman–Crippen LogP) is 4.67. The van der Waals surface area contributed by atoms with Gasteiger partial charge in [0.25, 0.3) is 5.91 Å². The Balaban J connectivity index is 2.32. The molecule has 3 nitrogen and oxygen atoms in total. The second kappa shape index (κ2) is 6.29. The molecule has 0 aliphatic carbocycles. The van der Waals surface area contributed by atoms with Crippen LogP contribution in [0.25, 0.3) is 0 Å². The van der Waals surface area contributed by atoms with Crippen LogP contribution in [0.1, 0.15) is 15.9 Å². The third-order valence-corrected chi connectivity index (χ3v) is 3.58. The molecule has 0 atom stereocenters. The second-order valence-electron chi connectivity index (χ2n) is 4.26. The summed E-state index contributed by atoms with van der Waals surface area (Å²) in [7, 11) is 1.52. The van der Waals surface area contributed by atoms with E-state index in [-0.39, 0.29) is 5.91 Å². The zero-order valence-electron chi connectivity index (χ0n) is 11.0. The molecule has 1 amide bonds. The number of ether oxygens (including phenoxy) is 1. The first-order valence-corrected chi connectivity index (χ1v) is 7.09. The molecule has 0 fully saturated rings. The molecule has 0 spiro atoms. The fourth-order valence-electron chi connectivity index (χ4n) is 1.78. The molecule has 2 aromatic carbocycles. The van der Waals surface area contributed by atoms with Crippen LogP contribution in [0.15, 0.2) is 40.9 Å². The molecule has 0 unspecified atom stereocenters. The average Bonchev–Trinajstić information content (AvgIpc) is 2.42. The van der Waals surface area contributed by atoms with Crippen LogP contribution in [0.4, 0.5) is 5.69 Å². The van der Waals surface area contributed by atoms with Crippen LogP contribution in [0.5, 0.6) is 5.75 Å². The van der Waals surface area contributed by atoms with Gasteiger partial charge in [-0.25, -0.2) is 0 Å². The fraction of sp³-hybridized carbons (Fsp3) is 0.133.